The Balaban J connectivity index is 2.29. The number of benzene rings is 2. The molecule has 1 N–H and O–H groups in total. The molecule has 3 rings (SSSR count). The summed E-state index contributed by atoms with van der Waals surface area (Å²) in [7, 11) is 1.75. The Morgan fingerprint density at radius 2 is 1.57 bits per heavy atom. The Labute approximate surface area is 177 Å². The second-order valence-corrected chi connectivity index (χ2v) is 10.6. The number of aliphatic hydroxyl groups is 1. The fourth-order valence-electron chi connectivity index (χ4n) is 4.00. The van der Waals surface area contributed by atoms with Gasteiger partial charge in [-0.15, -0.1) is 0 Å². The lowest BCUT2D eigenvalue weighted by Gasteiger charge is -2.31. The molecule has 152 valence electrons. The van der Waals surface area contributed by atoms with E-state index in [1.807, 2.05) is 12.1 Å². The third-order valence-electron chi connectivity index (χ3n) is 5.43. The number of ether oxygens (including phenoxy) is 2. The molecular formula is C24H31BrO3. The van der Waals surface area contributed by atoms with E-state index in [1.54, 1.807) is 7.11 Å². The molecule has 2 aromatic carbocycles. The highest BCUT2D eigenvalue weighted by molar-refractivity contribution is 9.10. The van der Waals surface area contributed by atoms with E-state index in [1.165, 1.54) is 11.1 Å². The highest BCUT2D eigenvalue weighted by atomic mass is 79.9. The van der Waals surface area contributed by atoms with Crippen molar-refractivity contribution in [1.29, 1.82) is 0 Å². The van der Waals surface area contributed by atoms with E-state index in [9.17, 15) is 5.11 Å². The summed E-state index contributed by atoms with van der Waals surface area (Å²) in [5.74, 6) is 1.78. The monoisotopic (exact) mass is 446 g/mol. The van der Waals surface area contributed by atoms with Crippen molar-refractivity contribution >= 4 is 15.9 Å². The zero-order valence-electron chi connectivity index (χ0n) is 17.9. The molecule has 3 nitrogen and oxygen atoms in total. The van der Waals surface area contributed by atoms with Crippen LogP contribution in [-0.4, -0.2) is 24.9 Å². The average Bonchev–Trinajstić information content (AvgIpc) is 2.96. The molecular weight excluding hydrogens is 416 g/mol. The molecule has 0 saturated heterocycles. The summed E-state index contributed by atoms with van der Waals surface area (Å²) in [6.45, 7) is 13.2. The highest BCUT2D eigenvalue weighted by Crippen LogP contribution is 2.47. The van der Waals surface area contributed by atoms with Crippen LogP contribution in [0.5, 0.6) is 11.5 Å². The van der Waals surface area contributed by atoms with Gasteiger partial charge in [-0.2, -0.15) is 0 Å². The van der Waals surface area contributed by atoms with E-state index >= 15 is 0 Å². The van der Waals surface area contributed by atoms with Gasteiger partial charge >= 0.3 is 0 Å². The fourth-order valence-corrected chi connectivity index (χ4v) is 4.38. The Kier molecular flexibility index (Phi) is 5.59. The zero-order chi connectivity index (χ0) is 20.9. The number of halogens is 1. The molecule has 1 aliphatic rings. The van der Waals surface area contributed by atoms with Crippen molar-refractivity contribution in [2.75, 3.05) is 13.7 Å². The van der Waals surface area contributed by atoms with Gasteiger partial charge < -0.3 is 14.6 Å². The first-order valence-corrected chi connectivity index (χ1v) is 10.6. The lowest BCUT2D eigenvalue weighted by Crippen LogP contribution is -2.26. The van der Waals surface area contributed by atoms with Crippen LogP contribution in [0, 0.1) is 0 Å². The molecule has 0 bridgehead atoms. The molecule has 0 saturated carbocycles. The standard InChI is InChI=1S/C24H31BrO3/c1-23(2,3)17-10-14(11-18(22(17)27-7)24(4,5)6)21-16-12-15(25)8-9-19(16)28-20(21)13-26/h8-12,20-21,26H,13H2,1-7H3. The number of rotatable bonds is 3. The van der Waals surface area contributed by atoms with Crippen molar-refractivity contribution in [2.45, 2.75) is 64.4 Å². The van der Waals surface area contributed by atoms with Gasteiger partial charge in [0.25, 0.3) is 0 Å². The number of aliphatic hydroxyl groups excluding tert-OH is 1. The molecule has 0 amide bonds. The first-order valence-electron chi connectivity index (χ1n) is 9.77. The van der Waals surface area contributed by atoms with Crippen LogP contribution in [-0.2, 0) is 10.8 Å². The lowest BCUT2D eigenvalue weighted by molar-refractivity contribution is 0.124. The molecule has 0 spiro atoms. The fraction of sp³-hybridized carbons (Fsp3) is 0.500. The molecule has 0 aromatic heterocycles. The van der Waals surface area contributed by atoms with E-state index in [0.29, 0.717) is 0 Å². The summed E-state index contributed by atoms with van der Waals surface area (Å²) in [6, 6.07) is 10.5. The predicted molar refractivity (Wildman–Crippen MR) is 118 cm³/mol. The number of hydrogen-bond donors (Lipinski definition) is 1. The van der Waals surface area contributed by atoms with Crippen molar-refractivity contribution in [2.24, 2.45) is 0 Å². The maximum atomic E-state index is 10.0. The molecule has 2 aromatic rings. The Bertz CT molecular complexity index is 839. The van der Waals surface area contributed by atoms with Gasteiger partial charge in [0.05, 0.1) is 19.6 Å². The molecule has 1 aliphatic heterocycles. The topological polar surface area (TPSA) is 38.7 Å². The van der Waals surface area contributed by atoms with Crippen LogP contribution in [0.15, 0.2) is 34.8 Å². The van der Waals surface area contributed by atoms with Gasteiger partial charge in [0.2, 0.25) is 0 Å². The van der Waals surface area contributed by atoms with Crippen molar-refractivity contribution in [3.8, 4) is 11.5 Å². The Hall–Kier alpha value is -1.52. The van der Waals surface area contributed by atoms with Crippen LogP contribution in [0.25, 0.3) is 0 Å². The summed E-state index contributed by atoms with van der Waals surface area (Å²) >= 11 is 3.58. The normalized spacial score (nSPS) is 19.3. The summed E-state index contributed by atoms with van der Waals surface area (Å²) < 4.78 is 13.0. The van der Waals surface area contributed by atoms with Crippen molar-refractivity contribution in [3.63, 3.8) is 0 Å². The lowest BCUT2D eigenvalue weighted by atomic mass is 9.75. The van der Waals surface area contributed by atoms with E-state index in [0.717, 1.165) is 27.1 Å². The van der Waals surface area contributed by atoms with Crippen molar-refractivity contribution in [1.82, 2.24) is 0 Å². The minimum Gasteiger partial charge on any atom is -0.496 e. The van der Waals surface area contributed by atoms with Crippen molar-refractivity contribution < 1.29 is 14.6 Å². The van der Waals surface area contributed by atoms with E-state index in [4.69, 9.17) is 9.47 Å². The Morgan fingerprint density at radius 3 is 2.04 bits per heavy atom. The molecule has 0 radical (unpaired) electrons. The van der Waals surface area contributed by atoms with Gasteiger partial charge in [-0.1, -0.05) is 69.6 Å². The SMILES string of the molecule is COc1c(C(C)(C)C)cc(C2c3cc(Br)ccc3OC2CO)cc1C(C)(C)C. The average molecular weight is 447 g/mol. The maximum Gasteiger partial charge on any atom is 0.133 e. The van der Waals surface area contributed by atoms with Gasteiger partial charge in [-0.05, 0) is 34.6 Å². The quantitative estimate of drug-likeness (QED) is 0.633. The van der Waals surface area contributed by atoms with Crippen LogP contribution < -0.4 is 9.47 Å². The van der Waals surface area contributed by atoms with Crippen LogP contribution in [0.1, 0.15) is 69.7 Å². The third kappa shape index (κ3) is 3.81. The highest BCUT2D eigenvalue weighted by Gasteiger charge is 2.37. The van der Waals surface area contributed by atoms with Crippen LogP contribution in [0.3, 0.4) is 0 Å². The zero-order valence-corrected chi connectivity index (χ0v) is 19.5. The van der Waals surface area contributed by atoms with Gasteiger partial charge in [0.1, 0.15) is 17.6 Å². The van der Waals surface area contributed by atoms with Gasteiger partial charge in [-0.3, -0.25) is 0 Å². The van der Waals surface area contributed by atoms with E-state index < -0.39 is 0 Å². The second-order valence-electron chi connectivity index (χ2n) is 9.65. The van der Waals surface area contributed by atoms with Crippen LogP contribution in [0.2, 0.25) is 0 Å². The molecule has 2 atom stereocenters. The number of methoxy groups -OCH3 is 1. The molecule has 0 fully saturated rings. The predicted octanol–water partition coefficient (Wildman–Crippen LogP) is 5.94. The van der Waals surface area contributed by atoms with Gasteiger partial charge in [0, 0.05) is 21.2 Å². The molecule has 0 aliphatic carbocycles. The number of fused-ring (bicyclic) bond motifs is 1. The summed E-state index contributed by atoms with van der Waals surface area (Å²) in [4.78, 5) is 0. The van der Waals surface area contributed by atoms with Crippen molar-refractivity contribution in [3.05, 3.63) is 57.1 Å². The summed E-state index contributed by atoms with van der Waals surface area (Å²) in [5, 5.41) is 10.0. The van der Waals surface area contributed by atoms with E-state index in [-0.39, 0.29) is 29.5 Å². The van der Waals surface area contributed by atoms with Gasteiger partial charge in [0.15, 0.2) is 0 Å². The second kappa shape index (κ2) is 7.38. The van der Waals surface area contributed by atoms with Gasteiger partial charge in [-0.25, -0.2) is 0 Å². The first-order chi connectivity index (χ1) is 13.0. The molecule has 28 heavy (non-hydrogen) atoms. The van der Waals surface area contributed by atoms with E-state index in [2.05, 4.69) is 75.7 Å². The van der Waals surface area contributed by atoms with Crippen LogP contribution in [0.4, 0.5) is 0 Å². The summed E-state index contributed by atoms with van der Waals surface area (Å²) in [5.41, 5.74) is 4.48. The number of hydrogen-bond acceptors (Lipinski definition) is 3. The maximum absolute atomic E-state index is 10.0. The summed E-state index contributed by atoms with van der Waals surface area (Å²) in [6.07, 6.45) is -0.293. The third-order valence-corrected chi connectivity index (χ3v) is 5.92. The smallest absolute Gasteiger partial charge is 0.133 e. The molecule has 2 unspecified atom stereocenters. The molecule has 4 heteroatoms. The first kappa shape index (κ1) is 21.2. The van der Waals surface area contributed by atoms with Crippen LogP contribution >= 0.6 is 15.9 Å². The largest absolute Gasteiger partial charge is 0.496 e. The Morgan fingerprint density at radius 1 is 1.00 bits per heavy atom. The minimum atomic E-state index is -0.293. The minimum absolute atomic E-state index is 0.0226. The molecule has 1 heterocycles.